The van der Waals surface area contributed by atoms with Gasteiger partial charge in [-0.1, -0.05) is 19.9 Å². The van der Waals surface area contributed by atoms with Crippen LogP contribution in [0.4, 0.5) is 0 Å². The van der Waals surface area contributed by atoms with Crippen LogP contribution in [0.25, 0.3) is 0 Å². The van der Waals surface area contributed by atoms with Crippen molar-refractivity contribution in [3.8, 4) is 5.75 Å². The van der Waals surface area contributed by atoms with Crippen molar-refractivity contribution in [2.45, 2.75) is 32.7 Å². The number of carboxylic acids is 1. The van der Waals surface area contributed by atoms with Crippen LogP contribution in [-0.2, 0) is 14.4 Å². The van der Waals surface area contributed by atoms with Gasteiger partial charge < -0.3 is 20.0 Å². The van der Waals surface area contributed by atoms with Gasteiger partial charge in [-0.25, -0.2) is 4.79 Å². The molecule has 1 aliphatic heterocycles. The van der Waals surface area contributed by atoms with E-state index in [4.69, 9.17) is 9.84 Å². The zero-order chi connectivity index (χ0) is 20.6. The number of fused-ring (bicyclic) bond motifs is 1. The summed E-state index contributed by atoms with van der Waals surface area (Å²) in [6.45, 7) is 3.33. The van der Waals surface area contributed by atoms with E-state index in [9.17, 15) is 24.0 Å². The minimum atomic E-state index is -1.23. The first kappa shape index (κ1) is 21.8. The number of carboxylic acid groups (broad SMARTS) is 1. The third-order valence-electron chi connectivity index (χ3n) is 3.69. The number of aldehydes is 1. The number of aliphatic carboxylic acids is 1. The molecule has 1 aromatic carbocycles. The summed E-state index contributed by atoms with van der Waals surface area (Å²) in [4.78, 5) is 59.2. The van der Waals surface area contributed by atoms with Gasteiger partial charge in [0.15, 0.2) is 6.61 Å². The summed E-state index contributed by atoms with van der Waals surface area (Å²) in [6, 6.07) is 3.11. The average Bonchev–Trinajstić information content (AvgIpc) is 2.93. The standard InChI is InChI=1S/C16H16N2O7.C2H6/c1-17-12(20)6-5-9(7-19)18-15(23)10-3-2-4-11(14(10)16(18)24)25-8-13(21)22;1-2/h2-4,7,9H,5-6,8H2,1H3,(H,17,20)(H,21,22);1-2H3. The quantitative estimate of drug-likeness (QED) is 0.507. The zero-order valence-electron chi connectivity index (χ0n) is 15.4. The molecule has 1 heterocycles. The fraction of sp³-hybridized carbons (Fsp3) is 0.389. The van der Waals surface area contributed by atoms with Gasteiger partial charge in [-0.3, -0.25) is 19.3 Å². The third-order valence-corrected chi connectivity index (χ3v) is 3.69. The summed E-state index contributed by atoms with van der Waals surface area (Å²) >= 11 is 0. The van der Waals surface area contributed by atoms with E-state index in [1.165, 1.54) is 25.2 Å². The fourth-order valence-corrected chi connectivity index (χ4v) is 2.50. The number of amides is 3. The number of nitrogens with zero attached hydrogens (tertiary/aromatic N) is 1. The molecular formula is C18H22N2O7. The third kappa shape index (κ3) is 4.90. The van der Waals surface area contributed by atoms with Gasteiger partial charge in [0.2, 0.25) is 5.91 Å². The van der Waals surface area contributed by atoms with Gasteiger partial charge in [-0.05, 0) is 18.6 Å². The van der Waals surface area contributed by atoms with Crippen LogP contribution in [0.15, 0.2) is 18.2 Å². The van der Waals surface area contributed by atoms with Crippen LogP contribution >= 0.6 is 0 Å². The normalized spacial score (nSPS) is 13.2. The van der Waals surface area contributed by atoms with Crippen LogP contribution in [0, 0.1) is 0 Å². The summed E-state index contributed by atoms with van der Waals surface area (Å²) < 4.78 is 5.05. The van der Waals surface area contributed by atoms with E-state index in [0.717, 1.165) is 4.90 Å². The van der Waals surface area contributed by atoms with Gasteiger partial charge in [0, 0.05) is 13.5 Å². The van der Waals surface area contributed by atoms with Crippen molar-refractivity contribution in [2.24, 2.45) is 0 Å². The molecule has 27 heavy (non-hydrogen) atoms. The SMILES string of the molecule is CC.CNC(=O)CCC(C=O)N1C(=O)c2cccc(OCC(=O)O)c2C1=O. The number of hydrogen-bond acceptors (Lipinski definition) is 6. The van der Waals surface area contributed by atoms with Gasteiger partial charge in [0.1, 0.15) is 12.0 Å². The monoisotopic (exact) mass is 378 g/mol. The highest BCUT2D eigenvalue weighted by Crippen LogP contribution is 2.32. The first-order valence-electron chi connectivity index (χ1n) is 8.42. The first-order valence-corrected chi connectivity index (χ1v) is 8.42. The second-order valence-corrected chi connectivity index (χ2v) is 5.26. The number of benzene rings is 1. The maximum atomic E-state index is 12.6. The Morgan fingerprint density at radius 1 is 1.26 bits per heavy atom. The molecule has 0 fully saturated rings. The van der Waals surface area contributed by atoms with E-state index in [1.807, 2.05) is 13.8 Å². The lowest BCUT2D eigenvalue weighted by atomic mass is 10.1. The maximum Gasteiger partial charge on any atom is 0.341 e. The molecular weight excluding hydrogens is 356 g/mol. The van der Waals surface area contributed by atoms with Gasteiger partial charge in [0.05, 0.1) is 17.2 Å². The van der Waals surface area contributed by atoms with Crippen LogP contribution in [0.5, 0.6) is 5.75 Å². The van der Waals surface area contributed by atoms with Crippen LogP contribution < -0.4 is 10.1 Å². The second kappa shape index (κ2) is 10.0. The molecule has 1 aliphatic rings. The van der Waals surface area contributed by atoms with Crippen LogP contribution in [0.1, 0.15) is 47.4 Å². The van der Waals surface area contributed by atoms with Crippen molar-refractivity contribution in [3.63, 3.8) is 0 Å². The highest BCUT2D eigenvalue weighted by Gasteiger charge is 2.42. The van der Waals surface area contributed by atoms with Gasteiger partial charge in [-0.15, -0.1) is 0 Å². The summed E-state index contributed by atoms with van der Waals surface area (Å²) in [5.74, 6) is -3.04. The van der Waals surface area contributed by atoms with Gasteiger partial charge >= 0.3 is 5.97 Å². The number of rotatable bonds is 8. The summed E-state index contributed by atoms with van der Waals surface area (Å²) in [5.41, 5.74) is -0.0553. The van der Waals surface area contributed by atoms with E-state index in [-0.39, 0.29) is 35.6 Å². The zero-order valence-corrected chi connectivity index (χ0v) is 15.4. The minimum absolute atomic E-state index is 0.0139. The first-order chi connectivity index (χ1) is 12.9. The van der Waals surface area contributed by atoms with E-state index in [1.54, 1.807) is 0 Å². The number of imide groups is 1. The molecule has 0 aliphatic carbocycles. The molecule has 1 atom stereocenters. The molecule has 9 nitrogen and oxygen atoms in total. The van der Waals surface area contributed by atoms with Crippen LogP contribution in [-0.4, -0.2) is 59.7 Å². The van der Waals surface area contributed by atoms with Crippen molar-refractivity contribution >= 4 is 30.0 Å². The Kier molecular flexibility index (Phi) is 8.12. The van der Waals surface area contributed by atoms with E-state index < -0.39 is 30.4 Å². The van der Waals surface area contributed by atoms with Crippen molar-refractivity contribution < 1.29 is 33.8 Å². The molecule has 0 spiro atoms. The molecule has 0 bridgehead atoms. The van der Waals surface area contributed by atoms with E-state index >= 15 is 0 Å². The molecule has 2 rings (SSSR count). The molecule has 0 radical (unpaired) electrons. The largest absolute Gasteiger partial charge is 0.481 e. The lowest BCUT2D eigenvalue weighted by Crippen LogP contribution is -2.41. The number of nitrogens with one attached hydrogen (secondary N) is 1. The Hall–Kier alpha value is -3.23. The lowest BCUT2D eigenvalue weighted by molar-refractivity contribution is -0.139. The Labute approximate surface area is 156 Å². The lowest BCUT2D eigenvalue weighted by Gasteiger charge is -2.20. The minimum Gasteiger partial charge on any atom is -0.481 e. The number of hydrogen-bond donors (Lipinski definition) is 2. The Bertz CT molecular complexity index is 745. The highest BCUT2D eigenvalue weighted by atomic mass is 16.5. The van der Waals surface area contributed by atoms with Gasteiger partial charge in [0.25, 0.3) is 11.8 Å². The molecule has 3 amide bonds. The number of carbonyl (C=O) groups excluding carboxylic acids is 4. The average molecular weight is 378 g/mol. The Balaban J connectivity index is 0.00000176. The van der Waals surface area contributed by atoms with Crippen molar-refractivity contribution in [1.29, 1.82) is 0 Å². The highest BCUT2D eigenvalue weighted by molar-refractivity contribution is 6.23. The van der Waals surface area contributed by atoms with E-state index in [0.29, 0.717) is 6.29 Å². The van der Waals surface area contributed by atoms with Crippen molar-refractivity contribution in [2.75, 3.05) is 13.7 Å². The Morgan fingerprint density at radius 3 is 2.48 bits per heavy atom. The number of carbonyl (C=O) groups is 5. The van der Waals surface area contributed by atoms with Crippen LogP contribution in [0.3, 0.4) is 0 Å². The predicted molar refractivity (Wildman–Crippen MR) is 94.6 cm³/mol. The Morgan fingerprint density at radius 2 is 1.93 bits per heavy atom. The fourth-order valence-electron chi connectivity index (χ4n) is 2.50. The molecule has 146 valence electrons. The van der Waals surface area contributed by atoms with Crippen molar-refractivity contribution in [1.82, 2.24) is 10.2 Å². The second-order valence-electron chi connectivity index (χ2n) is 5.26. The smallest absolute Gasteiger partial charge is 0.341 e. The molecule has 0 saturated heterocycles. The molecule has 9 heteroatoms. The summed E-state index contributed by atoms with van der Waals surface area (Å²) in [5, 5.41) is 11.1. The molecule has 0 saturated carbocycles. The molecule has 1 unspecified atom stereocenters. The summed E-state index contributed by atoms with van der Waals surface area (Å²) in [6.07, 6.45) is 0.387. The predicted octanol–water partition coefficient (Wildman–Crippen LogP) is 0.866. The maximum absolute atomic E-state index is 12.6. The van der Waals surface area contributed by atoms with E-state index in [2.05, 4.69) is 5.32 Å². The molecule has 2 N–H and O–H groups in total. The molecule has 0 aromatic heterocycles. The van der Waals surface area contributed by atoms with Gasteiger partial charge in [-0.2, -0.15) is 0 Å². The summed E-state index contributed by atoms with van der Waals surface area (Å²) in [7, 11) is 1.44. The molecule has 1 aromatic rings. The topological polar surface area (TPSA) is 130 Å². The van der Waals surface area contributed by atoms with Crippen LogP contribution in [0.2, 0.25) is 0 Å². The number of ether oxygens (including phenoxy) is 1. The van der Waals surface area contributed by atoms with Crippen molar-refractivity contribution in [3.05, 3.63) is 29.3 Å².